The molecular weight excluding hydrogens is 426 g/mol. The Hall–Kier alpha value is -3.13. The van der Waals surface area contributed by atoms with E-state index in [0.29, 0.717) is 22.8 Å². The highest BCUT2D eigenvalue weighted by Gasteiger charge is 2.09. The zero-order valence-electron chi connectivity index (χ0n) is 15.3. The van der Waals surface area contributed by atoms with Crippen molar-refractivity contribution in [1.29, 1.82) is 0 Å². The molecule has 1 N–H and O–H groups in total. The first-order chi connectivity index (χ1) is 13.6. The fourth-order valence-electron chi connectivity index (χ4n) is 2.51. The zero-order chi connectivity index (χ0) is 19.9. The Balaban J connectivity index is 1.61. The highest BCUT2D eigenvalue weighted by molar-refractivity contribution is 9.10. The van der Waals surface area contributed by atoms with E-state index in [1.807, 2.05) is 24.3 Å². The van der Waals surface area contributed by atoms with Gasteiger partial charge in [0, 0.05) is 21.6 Å². The molecule has 0 radical (unpaired) electrons. The Kier molecular flexibility index (Phi) is 6.44. The van der Waals surface area contributed by atoms with Crippen molar-refractivity contribution in [3.63, 3.8) is 0 Å². The maximum absolute atomic E-state index is 12.0. The Labute approximate surface area is 170 Å². The van der Waals surface area contributed by atoms with Gasteiger partial charge in [-0.25, -0.2) is 5.43 Å². The summed E-state index contributed by atoms with van der Waals surface area (Å²) in [5.41, 5.74) is 3.86. The number of carbonyl (C=O) groups is 1. The number of nitrogens with zero attached hydrogens (tertiary/aromatic N) is 2. The second-order valence-corrected chi connectivity index (χ2v) is 6.50. The van der Waals surface area contributed by atoms with Gasteiger partial charge in [0.15, 0.2) is 18.1 Å². The number of methoxy groups -OCH3 is 2. The number of benzene rings is 2. The molecule has 8 heteroatoms. The first-order valence-corrected chi connectivity index (χ1v) is 9.11. The average molecular weight is 444 g/mol. The van der Waals surface area contributed by atoms with Crippen molar-refractivity contribution in [1.82, 2.24) is 10.4 Å². The molecule has 1 amide bonds. The van der Waals surface area contributed by atoms with Crippen molar-refractivity contribution in [2.75, 3.05) is 20.8 Å². The third-order valence-electron chi connectivity index (χ3n) is 3.85. The van der Waals surface area contributed by atoms with Crippen molar-refractivity contribution < 1.29 is 19.0 Å². The normalized spacial score (nSPS) is 10.8. The Bertz CT molecular complexity index is 1020. The number of pyridine rings is 1. The fraction of sp³-hybridized carbons (Fsp3) is 0.150. The molecule has 3 aromatic rings. The van der Waals surface area contributed by atoms with Crippen LogP contribution in [-0.2, 0) is 4.79 Å². The minimum Gasteiger partial charge on any atom is -0.493 e. The van der Waals surface area contributed by atoms with Crippen LogP contribution in [0.25, 0.3) is 10.9 Å². The summed E-state index contributed by atoms with van der Waals surface area (Å²) < 4.78 is 16.8. The van der Waals surface area contributed by atoms with Crippen LogP contribution < -0.4 is 19.6 Å². The number of carbonyl (C=O) groups excluding carboxylic acids is 1. The third kappa shape index (κ3) is 4.58. The van der Waals surface area contributed by atoms with Gasteiger partial charge in [0.25, 0.3) is 5.91 Å². The molecule has 0 aliphatic rings. The third-order valence-corrected chi connectivity index (χ3v) is 4.54. The van der Waals surface area contributed by atoms with Crippen LogP contribution in [0.15, 0.2) is 58.2 Å². The van der Waals surface area contributed by atoms with E-state index in [-0.39, 0.29) is 12.5 Å². The molecule has 0 unspecified atom stereocenters. The van der Waals surface area contributed by atoms with Crippen molar-refractivity contribution in [3.8, 4) is 17.2 Å². The Morgan fingerprint density at radius 1 is 1.14 bits per heavy atom. The number of ether oxygens (including phenoxy) is 3. The number of nitrogens with one attached hydrogen (secondary N) is 1. The largest absolute Gasteiger partial charge is 0.493 e. The number of aromatic nitrogens is 1. The van der Waals surface area contributed by atoms with Crippen LogP contribution in [0.1, 0.15) is 5.56 Å². The zero-order valence-corrected chi connectivity index (χ0v) is 16.9. The first-order valence-electron chi connectivity index (χ1n) is 8.32. The number of hydrazone groups is 1. The van der Waals surface area contributed by atoms with Gasteiger partial charge < -0.3 is 14.2 Å². The first kappa shape index (κ1) is 19.6. The number of amides is 1. The Morgan fingerprint density at radius 3 is 2.68 bits per heavy atom. The smallest absolute Gasteiger partial charge is 0.277 e. The summed E-state index contributed by atoms with van der Waals surface area (Å²) in [5.74, 6) is 1.30. The predicted octanol–water partition coefficient (Wildman–Crippen LogP) is 3.54. The standard InChI is InChI=1S/C20H18BrN3O4/c1-26-17-9-14(15(21)10-18(17)27-2)11-23-24-19(25)12-28-16-7-3-5-13-6-4-8-22-20(13)16/h3-11H,12H2,1-2H3,(H,24,25). The number of rotatable bonds is 7. The molecule has 0 aliphatic carbocycles. The minimum absolute atomic E-state index is 0.180. The van der Waals surface area contributed by atoms with E-state index < -0.39 is 0 Å². The van der Waals surface area contributed by atoms with Gasteiger partial charge >= 0.3 is 0 Å². The molecule has 0 fully saturated rings. The van der Waals surface area contributed by atoms with Gasteiger partial charge in [-0.3, -0.25) is 9.78 Å². The van der Waals surface area contributed by atoms with E-state index in [1.165, 1.54) is 6.21 Å². The molecule has 0 aliphatic heterocycles. The molecule has 1 heterocycles. The van der Waals surface area contributed by atoms with Crippen molar-refractivity contribution in [2.24, 2.45) is 5.10 Å². The molecule has 2 aromatic carbocycles. The van der Waals surface area contributed by atoms with E-state index in [2.05, 4.69) is 31.4 Å². The maximum atomic E-state index is 12.0. The SMILES string of the molecule is COc1cc(Br)c(C=NNC(=O)COc2cccc3cccnc23)cc1OC. The molecule has 0 saturated carbocycles. The van der Waals surface area contributed by atoms with E-state index in [9.17, 15) is 4.79 Å². The van der Waals surface area contributed by atoms with Gasteiger partial charge in [0.2, 0.25) is 0 Å². The van der Waals surface area contributed by atoms with Gasteiger partial charge in [-0.15, -0.1) is 0 Å². The van der Waals surface area contributed by atoms with Crippen LogP contribution in [0.5, 0.6) is 17.2 Å². The number of hydrogen-bond donors (Lipinski definition) is 1. The summed E-state index contributed by atoms with van der Waals surface area (Å²) >= 11 is 3.43. The highest BCUT2D eigenvalue weighted by atomic mass is 79.9. The summed E-state index contributed by atoms with van der Waals surface area (Å²) in [5, 5.41) is 4.90. The van der Waals surface area contributed by atoms with Crippen LogP contribution in [0.2, 0.25) is 0 Å². The molecule has 0 saturated heterocycles. The number of hydrogen-bond acceptors (Lipinski definition) is 6. The molecular formula is C20H18BrN3O4. The number of fused-ring (bicyclic) bond motifs is 1. The summed E-state index contributed by atoms with van der Waals surface area (Å²) in [6, 6.07) is 12.8. The minimum atomic E-state index is -0.388. The van der Waals surface area contributed by atoms with Gasteiger partial charge in [-0.1, -0.05) is 18.2 Å². The van der Waals surface area contributed by atoms with Crippen molar-refractivity contribution in [2.45, 2.75) is 0 Å². The summed E-state index contributed by atoms with van der Waals surface area (Å²) in [7, 11) is 3.11. The fourth-order valence-corrected chi connectivity index (χ4v) is 2.94. The lowest BCUT2D eigenvalue weighted by atomic mass is 10.2. The Morgan fingerprint density at radius 2 is 1.89 bits per heavy atom. The van der Waals surface area contributed by atoms with E-state index >= 15 is 0 Å². The van der Waals surface area contributed by atoms with Gasteiger partial charge in [0.1, 0.15) is 11.3 Å². The predicted molar refractivity (Wildman–Crippen MR) is 110 cm³/mol. The van der Waals surface area contributed by atoms with E-state index in [0.717, 1.165) is 15.4 Å². The van der Waals surface area contributed by atoms with Crippen LogP contribution in [0, 0.1) is 0 Å². The summed E-state index contributed by atoms with van der Waals surface area (Å²) in [4.78, 5) is 16.3. The summed E-state index contributed by atoms with van der Waals surface area (Å²) in [6.45, 7) is -0.180. The molecule has 144 valence electrons. The summed E-state index contributed by atoms with van der Waals surface area (Å²) in [6.07, 6.45) is 3.18. The molecule has 0 bridgehead atoms. The maximum Gasteiger partial charge on any atom is 0.277 e. The topological polar surface area (TPSA) is 82.0 Å². The molecule has 28 heavy (non-hydrogen) atoms. The van der Waals surface area contributed by atoms with Crippen molar-refractivity contribution >= 4 is 39.0 Å². The number of halogens is 1. The quantitative estimate of drug-likeness (QED) is 0.445. The van der Waals surface area contributed by atoms with Gasteiger partial charge in [0.05, 0.1) is 20.4 Å². The lowest BCUT2D eigenvalue weighted by molar-refractivity contribution is -0.123. The van der Waals surface area contributed by atoms with Crippen LogP contribution >= 0.6 is 15.9 Å². The lowest BCUT2D eigenvalue weighted by Crippen LogP contribution is -2.24. The highest BCUT2D eigenvalue weighted by Crippen LogP contribution is 2.32. The van der Waals surface area contributed by atoms with Crippen LogP contribution in [0.4, 0.5) is 0 Å². The monoisotopic (exact) mass is 443 g/mol. The van der Waals surface area contributed by atoms with Gasteiger partial charge in [-0.2, -0.15) is 5.10 Å². The molecule has 1 aromatic heterocycles. The van der Waals surface area contributed by atoms with E-state index in [1.54, 1.807) is 38.6 Å². The van der Waals surface area contributed by atoms with Gasteiger partial charge in [-0.05, 0) is 40.2 Å². The number of para-hydroxylation sites is 1. The van der Waals surface area contributed by atoms with Crippen molar-refractivity contribution in [3.05, 3.63) is 58.7 Å². The molecule has 3 rings (SSSR count). The lowest BCUT2D eigenvalue weighted by Gasteiger charge is -2.09. The average Bonchev–Trinajstić information content (AvgIpc) is 2.73. The second-order valence-electron chi connectivity index (χ2n) is 5.64. The molecule has 0 atom stereocenters. The van der Waals surface area contributed by atoms with E-state index in [4.69, 9.17) is 14.2 Å². The molecule has 7 nitrogen and oxygen atoms in total. The second kappa shape index (κ2) is 9.18. The molecule has 0 spiro atoms. The van der Waals surface area contributed by atoms with Crippen LogP contribution in [-0.4, -0.2) is 37.9 Å². The van der Waals surface area contributed by atoms with Crippen LogP contribution in [0.3, 0.4) is 0 Å².